The summed E-state index contributed by atoms with van der Waals surface area (Å²) >= 11 is 6.09. The number of furan rings is 1. The molecule has 1 N–H and O–H groups in total. The van der Waals surface area contributed by atoms with E-state index in [1.807, 2.05) is 0 Å². The van der Waals surface area contributed by atoms with Crippen LogP contribution in [-0.4, -0.2) is 39.1 Å². The van der Waals surface area contributed by atoms with Crippen LogP contribution in [0.15, 0.2) is 34.9 Å². The number of rotatable bonds is 7. The summed E-state index contributed by atoms with van der Waals surface area (Å²) in [4.78, 5) is 25.4. The van der Waals surface area contributed by atoms with E-state index in [2.05, 4.69) is 5.32 Å². The topological polar surface area (TPSA) is 81.0 Å². The summed E-state index contributed by atoms with van der Waals surface area (Å²) in [6.45, 7) is 1.89. The molecule has 0 saturated carbocycles. The number of methoxy groups -OCH3 is 2. The van der Waals surface area contributed by atoms with E-state index in [1.165, 1.54) is 32.3 Å². The molecule has 7 nitrogen and oxygen atoms in total. The van der Waals surface area contributed by atoms with E-state index >= 15 is 0 Å². The number of ether oxygens (including phenoxy) is 2. The minimum atomic E-state index is -0.353. The number of anilines is 1. The molecule has 2 amide bonds. The quantitative estimate of drug-likeness (QED) is 0.814. The third kappa shape index (κ3) is 4.45. The van der Waals surface area contributed by atoms with Crippen LogP contribution in [0.3, 0.4) is 0 Å². The van der Waals surface area contributed by atoms with Gasteiger partial charge in [-0.15, -0.1) is 0 Å². The Hall–Kier alpha value is -2.67. The molecule has 0 aliphatic rings. The maximum absolute atomic E-state index is 12.1. The number of carbonyl (C=O) groups is 2. The molecule has 0 unspecified atom stereocenters. The highest BCUT2D eigenvalue weighted by Gasteiger charge is 2.19. The Balaban J connectivity index is 2.15. The first-order valence-electron chi connectivity index (χ1n) is 7.49. The van der Waals surface area contributed by atoms with Gasteiger partial charge >= 0.3 is 0 Å². The zero-order chi connectivity index (χ0) is 18.4. The number of halogens is 1. The number of hydrogen-bond acceptors (Lipinski definition) is 5. The van der Waals surface area contributed by atoms with Crippen LogP contribution in [0.1, 0.15) is 17.5 Å². The second kappa shape index (κ2) is 8.43. The molecule has 25 heavy (non-hydrogen) atoms. The third-order valence-corrected chi connectivity index (χ3v) is 3.79. The molecule has 0 saturated heterocycles. The summed E-state index contributed by atoms with van der Waals surface area (Å²) in [5.41, 5.74) is 0.503. The molecule has 0 spiro atoms. The summed E-state index contributed by atoms with van der Waals surface area (Å²) in [5, 5.41) is 3.07. The van der Waals surface area contributed by atoms with E-state index in [4.69, 9.17) is 25.5 Å². The van der Waals surface area contributed by atoms with Gasteiger partial charge in [0.1, 0.15) is 11.5 Å². The van der Waals surface area contributed by atoms with Gasteiger partial charge in [0.15, 0.2) is 5.76 Å². The van der Waals surface area contributed by atoms with Crippen LogP contribution in [0.5, 0.6) is 11.5 Å². The molecule has 8 heteroatoms. The van der Waals surface area contributed by atoms with Gasteiger partial charge in [-0.3, -0.25) is 9.59 Å². The predicted molar refractivity (Wildman–Crippen MR) is 93.6 cm³/mol. The smallest absolute Gasteiger partial charge is 0.287 e. The Morgan fingerprint density at radius 3 is 2.52 bits per heavy atom. The molecule has 0 aliphatic carbocycles. The fourth-order valence-electron chi connectivity index (χ4n) is 2.28. The monoisotopic (exact) mass is 366 g/mol. The lowest BCUT2D eigenvalue weighted by molar-refractivity contribution is -0.116. The number of amides is 2. The molecule has 134 valence electrons. The zero-order valence-electron chi connectivity index (χ0n) is 14.2. The van der Waals surface area contributed by atoms with E-state index in [0.29, 0.717) is 22.2 Å². The molecule has 1 aromatic heterocycles. The van der Waals surface area contributed by atoms with E-state index in [0.717, 1.165) is 0 Å². The average molecular weight is 367 g/mol. The van der Waals surface area contributed by atoms with Crippen molar-refractivity contribution in [2.24, 2.45) is 0 Å². The second-order valence-corrected chi connectivity index (χ2v) is 5.47. The molecule has 0 fully saturated rings. The van der Waals surface area contributed by atoms with Crippen molar-refractivity contribution < 1.29 is 23.5 Å². The first-order valence-corrected chi connectivity index (χ1v) is 7.87. The van der Waals surface area contributed by atoms with Gasteiger partial charge in [0.25, 0.3) is 5.91 Å². The lowest BCUT2D eigenvalue weighted by Gasteiger charge is -2.24. The predicted octanol–water partition coefficient (Wildman–Crippen LogP) is 2.73. The van der Waals surface area contributed by atoms with E-state index in [-0.39, 0.29) is 30.7 Å². The van der Waals surface area contributed by atoms with Crippen molar-refractivity contribution in [2.75, 3.05) is 32.2 Å². The lowest BCUT2D eigenvalue weighted by atomic mass is 10.2. The summed E-state index contributed by atoms with van der Waals surface area (Å²) in [6.07, 6.45) is 1.42. The third-order valence-electron chi connectivity index (χ3n) is 3.49. The minimum absolute atomic E-state index is 0.208. The van der Waals surface area contributed by atoms with Crippen molar-refractivity contribution >= 4 is 29.1 Å². The molecule has 2 rings (SSSR count). The Labute approximate surface area is 150 Å². The SMILES string of the molecule is COc1cc(N(CCNC(=O)c2ccco2)C(C)=O)c(OC)cc1Cl. The van der Waals surface area contributed by atoms with Crippen LogP contribution in [0, 0.1) is 0 Å². The van der Waals surface area contributed by atoms with Crippen molar-refractivity contribution in [3.63, 3.8) is 0 Å². The van der Waals surface area contributed by atoms with Crippen molar-refractivity contribution in [1.29, 1.82) is 0 Å². The van der Waals surface area contributed by atoms with Gasteiger partial charge in [0.2, 0.25) is 5.91 Å². The van der Waals surface area contributed by atoms with Crippen molar-refractivity contribution in [1.82, 2.24) is 5.32 Å². The number of nitrogens with zero attached hydrogens (tertiary/aromatic N) is 1. The van der Waals surface area contributed by atoms with Crippen LogP contribution in [0.4, 0.5) is 5.69 Å². The van der Waals surface area contributed by atoms with Crippen LogP contribution in [-0.2, 0) is 4.79 Å². The molecule has 0 bridgehead atoms. The van der Waals surface area contributed by atoms with Gasteiger partial charge in [0.05, 0.1) is 31.2 Å². The second-order valence-electron chi connectivity index (χ2n) is 5.06. The highest BCUT2D eigenvalue weighted by molar-refractivity contribution is 6.32. The Bertz CT molecular complexity index is 746. The molecular weight excluding hydrogens is 348 g/mol. The highest BCUT2D eigenvalue weighted by Crippen LogP contribution is 2.38. The van der Waals surface area contributed by atoms with Crippen LogP contribution in [0.2, 0.25) is 5.02 Å². The molecule has 0 atom stereocenters. The van der Waals surface area contributed by atoms with Gasteiger partial charge in [0, 0.05) is 32.1 Å². The van der Waals surface area contributed by atoms with E-state index in [9.17, 15) is 9.59 Å². The molecule has 2 aromatic rings. The fourth-order valence-corrected chi connectivity index (χ4v) is 2.51. The van der Waals surface area contributed by atoms with Gasteiger partial charge in [-0.25, -0.2) is 0 Å². The van der Waals surface area contributed by atoms with Gasteiger partial charge in [-0.1, -0.05) is 11.6 Å². The van der Waals surface area contributed by atoms with Crippen LogP contribution < -0.4 is 19.7 Å². The molecule has 0 radical (unpaired) electrons. The Morgan fingerprint density at radius 2 is 1.96 bits per heavy atom. The number of benzene rings is 1. The van der Waals surface area contributed by atoms with Crippen molar-refractivity contribution in [3.8, 4) is 11.5 Å². The number of carbonyl (C=O) groups excluding carboxylic acids is 2. The summed E-state index contributed by atoms with van der Waals surface area (Å²) < 4.78 is 15.5. The normalized spacial score (nSPS) is 10.2. The highest BCUT2D eigenvalue weighted by atomic mass is 35.5. The van der Waals surface area contributed by atoms with E-state index < -0.39 is 0 Å². The fraction of sp³-hybridized carbons (Fsp3) is 0.294. The Morgan fingerprint density at radius 1 is 1.24 bits per heavy atom. The average Bonchev–Trinajstić information content (AvgIpc) is 3.13. The molecule has 0 aliphatic heterocycles. The maximum Gasteiger partial charge on any atom is 0.287 e. The summed E-state index contributed by atoms with van der Waals surface area (Å²) in [5.74, 6) is 0.492. The first-order chi connectivity index (χ1) is 12.0. The van der Waals surface area contributed by atoms with E-state index in [1.54, 1.807) is 24.3 Å². The minimum Gasteiger partial charge on any atom is -0.495 e. The van der Waals surface area contributed by atoms with Gasteiger partial charge < -0.3 is 24.1 Å². The Kier molecular flexibility index (Phi) is 6.30. The van der Waals surface area contributed by atoms with Crippen LogP contribution in [0.25, 0.3) is 0 Å². The van der Waals surface area contributed by atoms with Gasteiger partial charge in [-0.2, -0.15) is 0 Å². The van der Waals surface area contributed by atoms with Crippen molar-refractivity contribution in [3.05, 3.63) is 41.3 Å². The first kappa shape index (κ1) is 18.7. The molecular formula is C17H19ClN2O5. The number of hydrogen-bond donors (Lipinski definition) is 1. The molecule has 1 heterocycles. The number of nitrogens with one attached hydrogen (secondary N) is 1. The van der Waals surface area contributed by atoms with Gasteiger partial charge in [-0.05, 0) is 12.1 Å². The summed E-state index contributed by atoms with van der Waals surface area (Å²) in [6, 6.07) is 6.39. The lowest BCUT2D eigenvalue weighted by Crippen LogP contribution is -2.37. The zero-order valence-corrected chi connectivity index (χ0v) is 14.9. The molecule has 1 aromatic carbocycles. The maximum atomic E-state index is 12.1. The standard InChI is InChI=1S/C17H19ClN2O5/c1-11(21)20(7-6-19-17(22)14-5-4-8-25-14)13-10-15(23-2)12(18)9-16(13)24-3/h4-5,8-10H,6-7H2,1-3H3,(H,19,22). The largest absolute Gasteiger partial charge is 0.495 e. The van der Waals surface area contributed by atoms with Crippen molar-refractivity contribution in [2.45, 2.75) is 6.92 Å². The van der Waals surface area contributed by atoms with Crippen LogP contribution >= 0.6 is 11.6 Å². The summed E-state index contributed by atoms with van der Waals surface area (Å²) in [7, 11) is 2.97.